The van der Waals surface area contributed by atoms with Gasteiger partial charge in [0.25, 0.3) is 0 Å². The van der Waals surface area contributed by atoms with Crippen molar-refractivity contribution < 1.29 is 15.0 Å². The summed E-state index contributed by atoms with van der Waals surface area (Å²) in [7, 11) is 0. The van der Waals surface area contributed by atoms with Crippen molar-refractivity contribution in [2.24, 2.45) is 0 Å². The van der Waals surface area contributed by atoms with Gasteiger partial charge in [-0.2, -0.15) is 0 Å². The third-order valence-electron chi connectivity index (χ3n) is 0. The molecule has 0 atom stereocenters. The van der Waals surface area contributed by atoms with Gasteiger partial charge >= 0.3 is 0 Å². The van der Waals surface area contributed by atoms with Crippen LogP contribution in [0.2, 0.25) is 0 Å². The summed E-state index contributed by atoms with van der Waals surface area (Å²) < 4.78 is 0. The predicted molar refractivity (Wildman–Crippen MR) is 11.1 cm³/mol. The van der Waals surface area contributed by atoms with Crippen molar-refractivity contribution in [1.82, 2.24) is 0 Å². The van der Waals surface area contributed by atoms with Crippen LogP contribution >= 0.6 is 0 Å². The fraction of sp³-hybridized carbons (Fsp3) is 0. The maximum atomic E-state index is 8.33. The van der Waals surface area contributed by atoms with E-state index < -0.39 is 6.16 Å². The number of carbonyl (C=O) groups excluding carboxylic acids is 1. The minimum atomic E-state index is -2.33. The average Bonchev–Trinajstić information content (AvgIpc) is 0.811. The standard InChI is InChI=1S/CH2O3.Be/c2-1(3)4;/h(H2,2,3,4);/p-2. The first-order valence-corrected chi connectivity index (χ1v) is 0.612. The summed E-state index contributed by atoms with van der Waals surface area (Å²) in [4.78, 5) is 8.33. The van der Waals surface area contributed by atoms with Crippen LogP contribution in [0.15, 0.2) is 0 Å². The Morgan fingerprint density at radius 1 is 1.40 bits per heavy atom. The Kier molecular flexibility index (Phi) is 6.07. The molecular formula is CBeO3-2. The van der Waals surface area contributed by atoms with Crippen molar-refractivity contribution in [1.29, 1.82) is 0 Å². The Balaban J connectivity index is 0. The maximum Gasteiger partial charge on any atom is 0 e. The zero-order chi connectivity index (χ0) is 3.58. The Labute approximate surface area is 32.5 Å². The number of rotatable bonds is 0. The number of carboxylic acid groups (broad SMARTS) is 2. The van der Waals surface area contributed by atoms with E-state index in [4.69, 9.17) is 15.0 Å². The molecule has 0 spiro atoms. The van der Waals surface area contributed by atoms with E-state index in [1.807, 2.05) is 0 Å². The predicted octanol–water partition coefficient (Wildman–Crippen LogP) is -2.83. The van der Waals surface area contributed by atoms with E-state index in [0.29, 0.717) is 0 Å². The van der Waals surface area contributed by atoms with Gasteiger partial charge in [0.05, 0.1) is 0 Å². The quantitative estimate of drug-likeness (QED) is 0.288. The number of carbonyl (C=O) groups is 1. The smallest absolute Gasteiger partial charge is 0 e. The van der Waals surface area contributed by atoms with Crippen LogP contribution in [0, 0.1) is 0 Å². The van der Waals surface area contributed by atoms with Crippen molar-refractivity contribution in [3.63, 3.8) is 0 Å². The van der Waals surface area contributed by atoms with Crippen molar-refractivity contribution in [3.8, 4) is 0 Å². The van der Waals surface area contributed by atoms with Crippen LogP contribution in [0.4, 0.5) is 4.79 Å². The number of hydrogen-bond donors (Lipinski definition) is 0. The molecule has 26 valence electrons. The Hall–Kier alpha value is -0.561. The van der Waals surface area contributed by atoms with E-state index in [9.17, 15) is 0 Å². The molecule has 0 aromatic rings. The Morgan fingerprint density at radius 2 is 1.40 bits per heavy atom. The van der Waals surface area contributed by atoms with E-state index in [1.54, 1.807) is 0 Å². The Bertz CT molecular complexity index is 29.9. The second-order valence-electron chi connectivity index (χ2n) is 0.250. The molecule has 0 aromatic carbocycles. The van der Waals surface area contributed by atoms with E-state index in [1.165, 1.54) is 0 Å². The molecule has 4 heteroatoms. The van der Waals surface area contributed by atoms with Crippen LogP contribution in [0.1, 0.15) is 0 Å². The van der Waals surface area contributed by atoms with E-state index in [2.05, 4.69) is 0 Å². The first-order valence-electron chi connectivity index (χ1n) is 0.612. The van der Waals surface area contributed by atoms with Gasteiger partial charge < -0.3 is 15.0 Å². The van der Waals surface area contributed by atoms with Crippen LogP contribution in [0.3, 0.4) is 0 Å². The molecule has 3 nitrogen and oxygen atoms in total. The topological polar surface area (TPSA) is 63.2 Å². The van der Waals surface area contributed by atoms with Gasteiger partial charge in [0.2, 0.25) is 0 Å². The first-order chi connectivity index (χ1) is 1.73. The first kappa shape index (κ1) is 8.83. The largest absolute Gasteiger partial charge is 0.652 e. The van der Waals surface area contributed by atoms with Crippen LogP contribution in [-0.2, 0) is 0 Å². The third kappa shape index (κ3) is 22.6. The summed E-state index contributed by atoms with van der Waals surface area (Å²) in [5.74, 6) is 0. The summed E-state index contributed by atoms with van der Waals surface area (Å²) in [6, 6.07) is 0. The normalized spacial score (nSPS) is 4.80. The van der Waals surface area contributed by atoms with E-state index >= 15 is 0 Å². The molecule has 0 saturated heterocycles. The molecule has 5 heavy (non-hydrogen) atoms. The minimum absolute atomic E-state index is 0. The van der Waals surface area contributed by atoms with E-state index in [-0.39, 0.29) is 10.1 Å². The van der Waals surface area contributed by atoms with Crippen LogP contribution in [-0.4, -0.2) is 16.3 Å². The summed E-state index contributed by atoms with van der Waals surface area (Å²) in [5, 5.41) is 16.7. The van der Waals surface area contributed by atoms with Gasteiger partial charge in [-0.1, -0.05) is 0 Å². The van der Waals surface area contributed by atoms with Crippen molar-refractivity contribution in [3.05, 3.63) is 0 Å². The molecule has 0 fully saturated rings. The molecule has 0 N–H and O–H groups in total. The molecule has 0 rings (SSSR count). The molecule has 0 aliphatic heterocycles. The minimum Gasteiger partial charge on any atom is -0.652 e. The molecule has 0 saturated carbocycles. The van der Waals surface area contributed by atoms with Crippen LogP contribution < -0.4 is 10.2 Å². The Morgan fingerprint density at radius 3 is 1.40 bits per heavy atom. The summed E-state index contributed by atoms with van der Waals surface area (Å²) in [6.45, 7) is 0. The molecule has 0 amide bonds. The van der Waals surface area contributed by atoms with Gasteiger partial charge in [-0.3, -0.25) is 0 Å². The van der Waals surface area contributed by atoms with E-state index in [0.717, 1.165) is 0 Å². The van der Waals surface area contributed by atoms with Crippen molar-refractivity contribution in [2.45, 2.75) is 0 Å². The molecule has 0 aliphatic carbocycles. The van der Waals surface area contributed by atoms with Gasteiger partial charge in [0.15, 0.2) is 0 Å². The fourth-order valence-corrected chi connectivity index (χ4v) is 0. The maximum absolute atomic E-state index is 8.33. The SMILES string of the molecule is O=C([O-])[O-].[Be]. The van der Waals surface area contributed by atoms with Gasteiger partial charge in [-0.05, 0) is 6.16 Å². The molecule has 0 bridgehead atoms. The summed E-state index contributed by atoms with van der Waals surface area (Å²) >= 11 is 0. The number of hydrogen-bond acceptors (Lipinski definition) is 3. The van der Waals surface area contributed by atoms with Crippen molar-refractivity contribution >= 4 is 16.3 Å². The zero-order valence-electron chi connectivity index (χ0n) is 2.43. The third-order valence-corrected chi connectivity index (χ3v) is 0. The van der Waals surface area contributed by atoms with Crippen molar-refractivity contribution in [2.75, 3.05) is 0 Å². The van der Waals surface area contributed by atoms with Gasteiger partial charge in [0.1, 0.15) is 0 Å². The molecule has 2 radical (unpaired) electrons. The second-order valence-corrected chi connectivity index (χ2v) is 0.250. The van der Waals surface area contributed by atoms with Crippen LogP contribution in [0.25, 0.3) is 0 Å². The van der Waals surface area contributed by atoms with Gasteiger partial charge in [0, 0.05) is 10.1 Å². The molecule has 0 aromatic heterocycles. The zero-order valence-corrected chi connectivity index (χ0v) is 2.43. The molecule has 0 heterocycles. The second kappa shape index (κ2) is 3.44. The molecular weight excluding hydrogens is 69.0 g/mol. The molecule has 0 unspecified atom stereocenters. The van der Waals surface area contributed by atoms with Crippen LogP contribution in [0.5, 0.6) is 0 Å². The average molecular weight is 69.0 g/mol. The fourth-order valence-electron chi connectivity index (χ4n) is 0. The van der Waals surface area contributed by atoms with Gasteiger partial charge in [-0.15, -0.1) is 0 Å². The molecule has 0 aliphatic rings. The monoisotopic (exact) mass is 69.0 g/mol. The van der Waals surface area contributed by atoms with Gasteiger partial charge in [-0.25, -0.2) is 0 Å². The summed E-state index contributed by atoms with van der Waals surface area (Å²) in [6.07, 6.45) is -2.33. The summed E-state index contributed by atoms with van der Waals surface area (Å²) in [5.41, 5.74) is 0.